The second kappa shape index (κ2) is 6.64. The normalized spacial score (nSPS) is 16.1. The fourth-order valence-corrected chi connectivity index (χ4v) is 3.37. The third kappa shape index (κ3) is 4.28. The van der Waals surface area contributed by atoms with Crippen LogP contribution in [0, 0.1) is 0 Å². The van der Waals surface area contributed by atoms with Gasteiger partial charge >= 0.3 is 24.0 Å². The summed E-state index contributed by atoms with van der Waals surface area (Å²) >= 11 is 5.64. The topological polar surface area (TPSA) is 91.8 Å². The number of amides is 4. The van der Waals surface area contributed by atoms with Gasteiger partial charge in [-0.2, -0.15) is 13.2 Å². The molecule has 1 aliphatic rings. The van der Waals surface area contributed by atoms with Gasteiger partial charge in [-0.05, 0) is 24.3 Å². The summed E-state index contributed by atoms with van der Waals surface area (Å²) in [6.45, 7) is -2.67. The molecule has 136 valence electrons. The van der Waals surface area contributed by atoms with Gasteiger partial charge < -0.3 is 0 Å². The van der Waals surface area contributed by atoms with Gasteiger partial charge in [0, 0.05) is 11.6 Å². The Balaban J connectivity index is 2.12. The molecule has 0 unspecified atom stereocenters. The Morgan fingerprint density at radius 2 is 1.48 bits per heavy atom. The van der Waals surface area contributed by atoms with E-state index in [4.69, 9.17) is 11.6 Å². The van der Waals surface area contributed by atoms with E-state index in [0.29, 0.717) is 0 Å². The number of halogens is 4. The Bertz CT molecular complexity index is 823. The lowest BCUT2D eigenvalue weighted by Crippen LogP contribution is -2.40. The molecule has 12 heteroatoms. The number of nitrogens with zero attached hydrogens (tertiary/aromatic N) is 2. The van der Waals surface area contributed by atoms with Crippen LogP contribution in [0.15, 0.2) is 29.2 Å². The number of hydrogen-bond acceptors (Lipinski definition) is 5. The molecule has 0 aliphatic carbocycles. The number of sulfone groups is 1. The third-order valence-electron chi connectivity index (χ3n) is 3.23. The van der Waals surface area contributed by atoms with E-state index in [2.05, 4.69) is 0 Å². The van der Waals surface area contributed by atoms with Crippen molar-refractivity contribution in [1.29, 1.82) is 0 Å². The van der Waals surface area contributed by atoms with Crippen molar-refractivity contribution in [2.45, 2.75) is 11.1 Å². The van der Waals surface area contributed by atoms with Crippen LogP contribution in [0.3, 0.4) is 0 Å². The number of carbonyl (C=O) groups excluding carboxylic acids is 3. The summed E-state index contributed by atoms with van der Waals surface area (Å²) in [5.74, 6) is -3.90. The standard InChI is InChI=1S/C13H10ClF3N2O5S/c14-8-1-3-9(4-2-8)25(23,24)6-5-18-10(20)11(21)19(12(18)22)7-13(15,16)17/h1-4H,5-7H2. The highest BCUT2D eigenvalue weighted by Gasteiger charge is 2.48. The van der Waals surface area contributed by atoms with Crippen LogP contribution in [-0.4, -0.2) is 61.1 Å². The fraction of sp³-hybridized carbons (Fsp3) is 0.308. The van der Waals surface area contributed by atoms with Crippen molar-refractivity contribution in [3.05, 3.63) is 29.3 Å². The second-order valence-corrected chi connectivity index (χ2v) is 7.56. The molecule has 7 nitrogen and oxygen atoms in total. The van der Waals surface area contributed by atoms with Crippen LogP contribution >= 0.6 is 11.6 Å². The molecule has 2 rings (SSSR count). The lowest BCUT2D eigenvalue weighted by atomic mass is 10.4. The van der Waals surface area contributed by atoms with Gasteiger partial charge in [-0.1, -0.05) is 11.6 Å². The van der Waals surface area contributed by atoms with Crippen LogP contribution in [-0.2, 0) is 19.4 Å². The van der Waals surface area contributed by atoms with Crippen molar-refractivity contribution >= 4 is 39.3 Å². The van der Waals surface area contributed by atoms with Crippen molar-refractivity contribution in [3.63, 3.8) is 0 Å². The maximum atomic E-state index is 12.4. The van der Waals surface area contributed by atoms with Gasteiger partial charge in [0.2, 0.25) is 0 Å². The molecule has 1 fully saturated rings. The van der Waals surface area contributed by atoms with Crippen LogP contribution in [0.4, 0.5) is 18.0 Å². The molecule has 25 heavy (non-hydrogen) atoms. The molecular weight excluding hydrogens is 389 g/mol. The van der Waals surface area contributed by atoms with Crippen molar-refractivity contribution in [2.24, 2.45) is 0 Å². The molecule has 1 heterocycles. The Morgan fingerprint density at radius 1 is 0.960 bits per heavy atom. The van der Waals surface area contributed by atoms with Gasteiger partial charge in [-0.15, -0.1) is 0 Å². The number of rotatable bonds is 5. The predicted molar refractivity (Wildman–Crippen MR) is 78.4 cm³/mol. The third-order valence-corrected chi connectivity index (χ3v) is 5.19. The van der Waals surface area contributed by atoms with Crippen LogP contribution in [0.25, 0.3) is 0 Å². The van der Waals surface area contributed by atoms with Gasteiger partial charge in [0.15, 0.2) is 9.84 Å². The van der Waals surface area contributed by atoms with Crippen molar-refractivity contribution in [3.8, 4) is 0 Å². The largest absolute Gasteiger partial charge is 0.406 e. The number of alkyl halides is 3. The molecule has 0 bridgehead atoms. The SMILES string of the molecule is O=C1C(=O)N(CC(F)(F)F)C(=O)N1CCS(=O)(=O)c1ccc(Cl)cc1. The van der Waals surface area contributed by atoms with Crippen LogP contribution in [0.1, 0.15) is 0 Å². The van der Waals surface area contributed by atoms with Gasteiger partial charge in [0.05, 0.1) is 10.6 Å². The number of hydrogen-bond donors (Lipinski definition) is 0. The average Bonchev–Trinajstić information content (AvgIpc) is 2.68. The Labute approximate surface area is 144 Å². The van der Waals surface area contributed by atoms with E-state index < -0.39 is 52.7 Å². The van der Waals surface area contributed by atoms with E-state index in [0.717, 1.165) is 0 Å². The summed E-state index contributed by atoms with van der Waals surface area (Å²) in [7, 11) is -3.94. The van der Waals surface area contributed by atoms with Gasteiger partial charge in [0.1, 0.15) is 6.54 Å². The van der Waals surface area contributed by atoms with Crippen LogP contribution in [0.5, 0.6) is 0 Å². The quantitative estimate of drug-likeness (QED) is 0.553. The van der Waals surface area contributed by atoms with E-state index in [-0.39, 0.29) is 19.7 Å². The lowest BCUT2D eigenvalue weighted by molar-refractivity contribution is -0.155. The van der Waals surface area contributed by atoms with E-state index >= 15 is 0 Å². The molecule has 0 N–H and O–H groups in total. The highest BCUT2D eigenvalue weighted by molar-refractivity contribution is 7.91. The van der Waals surface area contributed by atoms with E-state index in [1.807, 2.05) is 0 Å². The zero-order valence-electron chi connectivity index (χ0n) is 12.3. The summed E-state index contributed by atoms with van der Waals surface area (Å²) in [4.78, 5) is 34.7. The minimum absolute atomic E-state index is 0.144. The number of urea groups is 1. The summed E-state index contributed by atoms with van der Waals surface area (Å²) in [5, 5.41) is 0.289. The smallest absolute Gasteiger partial charge is 0.263 e. The number of imide groups is 2. The van der Waals surface area contributed by atoms with Gasteiger partial charge in [-0.3, -0.25) is 14.5 Å². The van der Waals surface area contributed by atoms with Gasteiger partial charge in [0.25, 0.3) is 0 Å². The van der Waals surface area contributed by atoms with Gasteiger partial charge in [-0.25, -0.2) is 18.1 Å². The maximum absolute atomic E-state index is 12.4. The first-order valence-electron chi connectivity index (χ1n) is 6.65. The molecule has 4 amide bonds. The minimum Gasteiger partial charge on any atom is -0.263 e. The first-order valence-corrected chi connectivity index (χ1v) is 8.68. The molecule has 0 radical (unpaired) electrons. The molecule has 0 aromatic heterocycles. The van der Waals surface area contributed by atoms with Crippen molar-refractivity contribution in [1.82, 2.24) is 9.80 Å². The summed E-state index contributed by atoms with van der Waals surface area (Å²) in [6.07, 6.45) is -4.88. The molecular formula is C13H10ClF3N2O5S. The van der Waals surface area contributed by atoms with E-state index in [1.165, 1.54) is 24.3 Å². The van der Waals surface area contributed by atoms with Crippen LogP contribution in [0.2, 0.25) is 5.02 Å². The summed E-state index contributed by atoms with van der Waals surface area (Å²) < 4.78 is 61.3. The van der Waals surface area contributed by atoms with Crippen molar-refractivity contribution < 1.29 is 36.0 Å². The Morgan fingerprint density at radius 3 is 2.00 bits per heavy atom. The Kier molecular flexibility index (Phi) is 5.09. The molecule has 1 saturated heterocycles. The van der Waals surface area contributed by atoms with E-state index in [1.54, 1.807) is 0 Å². The molecule has 0 saturated carbocycles. The molecule has 0 atom stereocenters. The van der Waals surface area contributed by atoms with E-state index in [9.17, 15) is 36.0 Å². The summed E-state index contributed by atoms with van der Waals surface area (Å²) in [5.41, 5.74) is 0. The summed E-state index contributed by atoms with van der Waals surface area (Å²) in [6, 6.07) is 3.53. The first kappa shape index (κ1) is 19.2. The zero-order chi connectivity index (χ0) is 19.0. The highest BCUT2D eigenvalue weighted by Crippen LogP contribution is 2.22. The van der Waals surface area contributed by atoms with Crippen LogP contribution < -0.4 is 0 Å². The molecule has 1 aromatic rings. The minimum atomic E-state index is -4.88. The highest BCUT2D eigenvalue weighted by atomic mass is 35.5. The van der Waals surface area contributed by atoms with Crippen molar-refractivity contribution in [2.75, 3.05) is 18.8 Å². The average molecular weight is 399 g/mol. The first-order chi connectivity index (χ1) is 11.4. The predicted octanol–water partition coefficient (Wildman–Crippen LogP) is 1.47. The molecule has 1 aromatic carbocycles. The number of carbonyl (C=O) groups is 3. The molecule has 1 aliphatic heterocycles. The fourth-order valence-electron chi connectivity index (χ4n) is 2.04. The Hall–Kier alpha value is -2.14. The second-order valence-electron chi connectivity index (χ2n) is 5.02. The number of benzene rings is 1. The monoisotopic (exact) mass is 398 g/mol. The maximum Gasteiger partial charge on any atom is 0.406 e. The zero-order valence-corrected chi connectivity index (χ0v) is 13.9. The molecule has 0 spiro atoms. The lowest BCUT2D eigenvalue weighted by Gasteiger charge is -2.16.